The Labute approximate surface area is 170 Å². The van der Waals surface area contributed by atoms with Crippen molar-refractivity contribution in [3.05, 3.63) is 53.4 Å². The van der Waals surface area contributed by atoms with Gasteiger partial charge in [-0.3, -0.25) is 0 Å². The van der Waals surface area contributed by atoms with Crippen LogP contribution in [0.2, 0.25) is 0 Å². The van der Waals surface area contributed by atoms with Crippen LogP contribution in [0.3, 0.4) is 0 Å². The van der Waals surface area contributed by atoms with Gasteiger partial charge in [0.25, 0.3) is 0 Å². The van der Waals surface area contributed by atoms with E-state index in [0.717, 1.165) is 11.8 Å². The second-order valence-electron chi connectivity index (χ2n) is 6.22. The number of esters is 2. The molecule has 29 heavy (non-hydrogen) atoms. The molecule has 8 nitrogen and oxygen atoms in total. The highest BCUT2D eigenvalue weighted by Crippen LogP contribution is 2.19. The normalized spacial score (nSPS) is 15.3. The van der Waals surface area contributed by atoms with Gasteiger partial charge in [0.15, 0.2) is 0 Å². The Morgan fingerprint density at radius 3 is 2.21 bits per heavy atom. The van der Waals surface area contributed by atoms with Gasteiger partial charge in [0.1, 0.15) is 23.0 Å². The molecule has 8 heteroatoms. The number of rotatable bonds is 7. The van der Waals surface area contributed by atoms with E-state index in [1.807, 2.05) is 35.2 Å². The maximum Gasteiger partial charge on any atom is 0.348 e. The molecule has 1 aliphatic rings. The number of para-hydroxylation sites is 1. The average molecular weight is 398 g/mol. The van der Waals surface area contributed by atoms with Gasteiger partial charge in [-0.25, -0.2) is 9.59 Å². The Hall–Kier alpha value is -3.47. The van der Waals surface area contributed by atoms with E-state index in [2.05, 4.69) is 4.90 Å². The van der Waals surface area contributed by atoms with Gasteiger partial charge >= 0.3 is 11.9 Å². The van der Waals surface area contributed by atoms with Crippen molar-refractivity contribution in [3.63, 3.8) is 0 Å². The minimum Gasteiger partial charge on any atom is -0.462 e. The van der Waals surface area contributed by atoms with Gasteiger partial charge in [-0.05, 0) is 32.1 Å². The molecule has 0 radical (unpaired) electrons. The molecule has 0 aromatic heterocycles. The molecule has 0 bridgehead atoms. The number of hydrogen-bond donors (Lipinski definition) is 1. The zero-order valence-corrected chi connectivity index (χ0v) is 16.8. The summed E-state index contributed by atoms with van der Waals surface area (Å²) in [5.74, 6) is -1.32. The van der Waals surface area contributed by atoms with Crippen molar-refractivity contribution in [3.8, 4) is 6.07 Å². The lowest BCUT2D eigenvalue weighted by atomic mass is 10.1. The van der Waals surface area contributed by atoms with E-state index in [1.165, 1.54) is 0 Å². The third-order valence-corrected chi connectivity index (χ3v) is 4.42. The first-order valence-corrected chi connectivity index (χ1v) is 9.52. The standard InChI is InChI=1S/C21H26N4O4/c1-3-28-20(26)16(15-22)14-18(21(27)29-4-2)19(23)25-12-10-24(11-13-25)17-8-6-5-7-9-17/h5-9,14H,3-4,10-13,23H2,1-2H3. The van der Waals surface area contributed by atoms with Crippen molar-refractivity contribution in [2.45, 2.75) is 13.8 Å². The van der Waals surface area contributed by atoms with Gasteiger partial charge in [0, 0.05) is 31.9 Å². The quantitative estimate of drug-likeness (QED) is 0.319. The lowest BCUT2D eigenvalue weighted by molar-refractivity contribution is -0.138. The third-order valence-electron chi connectivity index (χ3n) is 4.42. The second kappa shape index (κ2) is 10.8. The first-order chi connectivity index (χ1) is 14.0. The van der Waals surface area contributed by atoms with Crippen molar-refractivity contribution in [1.82, 2.24) is 4.90 Å². The van der Waals surface area contributed by atoms with Crippen molar-refractivity contribution in [2.24, 2.45) is 5.73 Å². The first-order valence-electron chi connectivity index (χ1n) is 9.52. The molecule has 0 saturated carbocycles. The highest BCUT2D eigenvalue weighted by Gasteiger charge is 2.24. The molecular weight excluding hydrogens is 372 g/mol. The lowest BCUT2D eigenvalue weighted by Gasteiger charge is -2.37. The Kier molecular flexibility index (Phi) is 8.10. The van der Waals surface area contributed by atoms with Crippen molar-refractivity contribution in [1.29, 1.82) is 5.26 Å². The van der Waals surface area contributed by atoms with E-state index in [9.17, 15) is 14.9 Å². The minimum atomic E-state index is -0.807. The number of hydrogen-bond acceptors (Lipinski definition) is 8. The van der Waals surface area contributed by atoms with Crippen LogP contribution in [0.25, 0.3) is 0 Å². The number of carbonyl (C=O) groups excluding carboxylic acids is 2. The minimum absolute atomic E-state index is 0.0235. The Morgan fingerprint density at radius 1 is 1.07 bits per heavy atom. The Bertz CT molecular complexity index is 819. The van der Waals surface area contributed by atoms with Gasteiger partial charge in [-0.1, -0.05) is 18.2 Å². The van der Waals surface area contributed by atoms with Crippen LogP contribution in [0.15, 0.2) is 53.4 Å². The fourth-order valence-corrected chi connectivity index (χ4v) is 2.95. The summed E-state index contributed by atoms with van der Waals surface area (Å²) < 4.78 is 9.93. The van der Waals surface area contributed by atoms with Crippen LogP contribution in [0.4, 0.5) is 5.69 Å². The molecule has 1 fully saturated rings. The van der Waals surface area contributed by atoms with Crippen LogP contribution in [-0.2, 0) is 19.1 Å². The molecule has 0 spiro atoms. The number of nitriles is 1. The first kappa shape index (κ1) is 21.8. The van der Waals surface area contributed by atoms with Crippen molar-refractivity contribution < 1.29 is 19.1 Å². The molecule has 154 valence electrons. The number of nitrogens with two attached hydrogens (primary N) is 1. The molecule has 2 rings (SSSR count). The summed E-state index contributed by atoms with van der Waals surface area (Å²) in [4.78, 5) is 28.5. The maximum absolute atomic E-state index is 12.4. The van der Waals surface area contributed by atoms with Crippen LogP contribution in [0.1, 0.15) is 13.8 Å². The van der Waals surface area contributed by atoms with Crippen LogP contribution in [0, 0.1) is 11.3 Å². The average Bonchev–Trinajstić information content (AvgIpc) is 2.75. The monoisotopic (exact) mass is 398 g/mol. The summed E-state index contributed by atoms with van der Waals surface area (Å²) in [6.45, 7) is 6.17. The largest absolute Gasteiger partial charge is 0.462 e. The van der Waals surface area contributed by atoms with E-state index >= 15 is 0 Å². The van der Waals surface area contributed by atoms with Gasteiger partial charge in [0.05, 0.1) is 13.2 Å². The van der Waals surface area contributed by atoms with Crippen molar-refractivity contribution in [2.75, 3.05) is 44.3 Å². The highest BCUT2D eigenvalue weighted by atomic mass is 16.5. The van der Waals surface area contributed by atoms with Crippen LogP contribution in [-0.4, -0.2) is 56.2 Å². The van der Waals surface area contributed by atoms with Crippen LogP contribution >= 0.6 is 0 Å². The SMILES string of the molecule is CCOC(=O)C(C#N)=CC(C(=O)OCC)=C(N)N1CCN(c2ccccc2)CC1. The van der Waals surface area contributed by atoms with Gasteiger partial charge in [0.2, 0.25) is 0 Å². The molecule has 1 saturated heterocycles. The second-order valence-corrected chi connectivity index (χ2v) is 6.22. The summed E-state index contributed by atoms with van der Waals surface area (Å²) in [5.41, 5.74) is 7.06. The number of ether oxygens (including phenoxy) is 2. The van der Waals surface area contributed by atoms with E-state index in [0.29, 0.717) is 26.2 Å². The summed E-state index contributed by atoms with van der Waals surface area (Å²) in [6.07, 6.45) is 1.15. The van der Waals surface area contributed by atoms with Gasteiger partial charge in [-0.2, -0.15) is 5.26 Å². The van der Waals surface area contributed by atoms with Gasteiger partial charge in [-0.15, -0.1) is 0 Å². The summed E-state index contributed by atoms with van der Waals surface area (Å²) in [5, 5.41) is 9.28. The number of nitrogens with zero attached hydrogens (tertiary/aromatic N) is 3. The fraction of sp³-hybridized carbons (Fsp3) is 0.381. The number of anilines is 1. The molecule has 1 aliphatic heterocycles. The predicted octanol–water partition coefficient (Wildman–Crippen LogP) is 1.56. The summed E-state index contributed by atoms with van der Waals surface area (Å²) in [6, 6.07) is 11.8. The smallest absolute Gasteiger partial charge is 0.348 e. The van der Waals surface area contributed by atoms with E-state index in [4.69, 9.17) is 15.2 Å². The fourth-order valence-electron chi connectivity index (χ4n) is 2.95. The maximum atomic E-state index is 12.4. The van der Waals surface area contributed by atoms with E-state index in [1.54, 1.807) is 19.9 Å². The molecule has 0 amide bonds. The Balaban J connectivity index is 2.25. The molecule has 1 heterocycles. The summed E-state index contributed by atoms with van der Waals surface area (Å²) >= 11 is 0. The molecule has 2 N–H and O–H groups in total. The van der Waals surface area contributed by atoms with Crippen LogP contribution < -0.4 is 10.6 Å². The van der Waals surface area contributed by atoms with E-state index < -0.39 is 11.9 Å². The lowest BCUT2D eigenvalue weighted by Crippen LogP contribution is -2.48. The van der Waals surface area contributed by atoms with Crippen molar-refractivity contribution >= 4 is 17.6 Å². The topological polar surface area (TPSA) is 109 Å². The number of benzene rings is 1. The molecule has 0 atom stereocenters. The molecule has 1 aromatic carbocycles. The van der Waals surface area contributed by atoms with E-state index in [-0.39, 0.29) is 30.2 Å². The third kappa shape index (κ3) is 5.75. The van der Waals surface area contributed by atoms with Gasteiger partial charge < -0.3 is 25.0 Å². The zero-order valence-electron chi connectivity index (χ0n) is 16.8. The molecule has 1 aromatic rings. The Morgan fingerprint density at radius 2 is 1.66 bits per heavy atom. The highest BCUT2D eigenvalue weighted by molar-refractivity contribution is 5.99. The molecule has 0 aliphatic carbocycles. The molecular formula is C21H26N4O4. The number of carbonyl (C=O) groups is 2. The van der Waals surface area contributed by atoms with Crippen LogP contribution in [0.5, 0.6) is 0 Å². The zero-order chi connectivity index (χ0) is 21.2. The molecule has 0 unspecified atom stereocenters. The predicted molar refractivity (Wildman–Crippen MR) is 108 cm³/mol. The number of piperazine rings is 1. The summed E-state index contributed by atoms with van der Waals surface area (Å²) in [7, 11) is 0.